The van der Waals surface area contributed by atoms with Crippen molar-refractivity contribution in [2.75, 3.05) is 27.3 Å². The number of ether oxygens (including phenoxy) is 7. The highest BCUT2D eigenvalue weighted by atomic mass is 16.7. The van der Waals surface area contributed by atoms with Crippen molar-refractivity contribution in [1.82, 2.24) is 20.9 Å². The third kappa shape index (κ3) is 10.6. The Kier molecular flexibility index (Phi) is 15.1. The molecule has 2 bridgehead atoms. The van der Waals surface area contributed by atoms with Crippen molar-refractivity contribution in [3.63, 3.8) is 0 Å². The molecule has 3 amide bonds. The van der Waals surface area contributed by atoms with E-state index in [1.807, 2.05) is 83.9 Å². The molecule has 0 spiro atoms. The lowest BCUT2D eigenvalue weighted by Gasteiger charge is -2.49. The van der Waals surface area contributed by atoms with Gasteiger partial charge in [-0.2, -0.15) is 0 Å². The van der Waals surface area contributed by atoms with E-state index in [2.05, 4.69) is 16.0 Å². The summed E-state index contributed by atoms with van der Waals surface area (Å²) in [5.41, 5.74) is -1.75. The third-order valence-electron chi connectivity index (χ3n) is 12.6. The second-order valence-electron chi connectivity index (χ2n) is 17.6. The Bertz CT molecular complexity index is 1650. The number of amides is 3. The minimum absolute atomic E-state index is 0.0476. The second-order valence-corrected chi connectivity index (χ2v) is 17.6. The first-order valence-electron chi connectivity index (χ1n) is 21.0. The molecule has 0 aromatic heterocycles. The molecule has 4 aliphatic heterocycles. The molecule has 3 N–H and O–H groups in total. The lowest BCUT2D eigenvalue weighted by Crippen LogP contribution is -2.61. The van der Waals surface area contributed by atoms with Crippen LogP contribution in [0.5, 0.6) is 0 Å². The van der Waals surface area contributed by atoms with Crippen molar-refractivity contribution in [3.8, 4) is 0 Å². The van der Waals surface area contributed by atoms with Gasteiger partial charge in [-0.3, -0.25) is 14.4 Å². The van der Waals surface area contributed by atoms with Crippen LogP contribution >= 0.6 is 0 Å². The number of rotatable bonds is 8. The van der Waals surface area contributed by atoms with E-state index in [-0.39, 0.29) is 44.1 Å². The molecule has 1 aromatic rings. The normalized spacial score (nSPS) is 39.6. The zero-order chi connectivity index (χ0) is 43.4. The van der Waals surface area contributed by atoms with Crippen molar-refractivity contribution in [3.05, 3.63) is 35.9 Å². The van der Waals surface area contributed by atoms with Gasteiger partial charge in [-0.05, 0) is 66.6 Å². The highest BCUT2D eigenvalue weighted by Crippen LogP contribution is 2.42. The Hall–Kier alpha value is -3.83. The predicted octanol–water partition coefficient (Wildman–Crippen LogP) is 4.12. The van der Waals surface area contributed by atoms with Gasteiger partial charge in [-0.25, -0.2) is 9.59 Å². The van der Waals surface area contributed by atoms with E-state index in [1.54, 1.807) is 20.8 Å². The molecule has 16 nitrogen and oxygen atoms in total. The average Bonchev–Trinajstić information content (AvgIpc) is 3.51. The molecule has 16 heteroatoms. The molecule has 0 radical (unpaired) electrons. The summed E-state index contributed by atoms with van der Waals surface area (Å²) in [7, 11) is 3.80. The Balaban J connectivity index is 1.59. The van der Waals surface area contributed by atoms with Gasteiger partial charge in [0.1, 0.15) is 11.9 Å². The number of cyclic esters (lactones) is 1. The molecular weight excluding hydrogens is 764 g/mol. The molecule has 1 aromatic carbocycles. The molecule has 0 aliphatic carbocycles. The number of alkyl carbamates (subject to hydrolysis) is 1. The Labute approximate surface area is 348 Å². The van der Waals surface area contributed by atoms with Crippen LogP contribution < -0.4 is 16.0 Å². The van der Waals surface area contributed by atoms with Gasteiger partial charge in [0.15, 0.2) is 18.0 Å². The molecule has 59 heavy (non-hydrogen) atoms. The monoisotopic (exact) mass is 830 g/mol. The minimum Gasteiger partial charge on any atom is -0.458 e. The molecule has 1 unspecified atom stereocenters. The van der Waals surface area contributed by atoms with E-state index in [1.165, 1.54) is 6.92 Å². The molecule has 0 saturated carbocycles. The second kappa shape index (κ2) is 19.3. The lowest BCUT2D eigenvalue weighted by molar-refractivity contribution is -0.304. The van der Waals surface area contributed by atoms with Crippen LogP contribution in [-0.2, 0) is 54.1 Å². The van der Waals surface area contributed by atoms with Crippen molar-refractivity contribution in [1.29, 1.82) is 0 Å². The maximum absolute atomic E-state index is 14.6. The van der Waals surface area contributed by atoms with Crippen molar-refractivity contribution < 1.29 is 57.1 Å². The zero-order valence-corrected chi connectivity index (χ0v) is 36.5. The van der Waals surface area contributed by atoms with Gasteiger partial charge in [-0.1, -0.05) is 58.0 Å². The number of hydrogen-bond donors (Lipinski definition) is 3. The van der Waals surface area contributed by atoms with Crippen molar-refractivity contribution in [2.24, 2.45) is 23.7 Å². The third-order valence-corrected chi connectivity index (χ3v) is 12.6. The fraction of sp³-hybridized carbons (Fsp3) is 0.744. The summed E-state index contributed by atoms with van der Waals surface area (Å²) in [6.07, 6.45) is -4.68. The van der Waals surface area contributed by atoms with E-state index in [0.29, 0.717) is 12.8 Å². The first-order chi connectivity index (χ1) is 27.8. The predicted molar refractivity (Wildman–Crippen MR) is 215 cm³/mol. The number of hydrogen-bond acceptors (Lipinski definition) is 13. The van der Waals surface area contributed by atoms with Crippen LogP contribution in [0.15, 0.2) is 30.3 Å². The highest BCUT2D eigenvalue weighted by Gasteiger charge is 2.58. The summed E-state index contributed by atoms with van der Waals surface area (Å²) in [5.74, 6) is -4.29. The maximum Gasteiger partial charge on any atom is 0.408 e. The molecule has 5 rings (SSSR count). The zero-order valence-electron chi connectivity index (χ0n) is 36.5. The van der Waals surface area contributed by atoms with Gasteiger partial charge in [-0.15, -0.1) is 0 Å². The average molecular weight is 831 g/mol. The molecule has 4 aliphatic rings. The minimum atomic E-state index is -1.35. The summed E-state index contributed by atoms with van der Waals surface area (Å²) >= 11 is 0. The van der Waals surface area contributed by atoms with Crippen LogP contribution in [0.25, 0.3) is 0 Å². The van der Waals surface area contributed by atoms with Gasteiger partial charge >= 0.3 is 24.1 Å². The molecule has 4 heterocycles. The van der Waals surface area contributed by atoms with Crippen LogP contribution in [0.2, 0.25) is 0 Å². The van der Waals surface area contributed by atoms with E-state index in [4.69, 9.17) is 33.2 Å². The fourth-order valence-electron chi connectivity index (χ4n) is 9.53. The Morgan fingerprint density at radius 1 is 1.00 bits per heavy atom. The van der Waals surface area contributed by atoms with E-state index in [9.17, 15) is 24.0 Å². The maximum atomic E-state index is 14.6. The van der Waals surface area contributed by atoms with Crippen LogP contribution in [0, 0.1) is 23.7 Å². The number of ketones is 1. The first-order valence-corrected chi connectivity index (χ1v) is 21.0. The van der Waals surface area contributed by atoms with Crippen LogP contribution in [-0.4, -0.2) is 128 Å². The van der Waals surface area contributed by atoms with Crippen molar-refractivity contribution >= 4 is 29.8 Å². The number of carbonyl (C=O) groups is 5. The molecule has 4 saturated heterocycles. The summed E-state index contributed by atoms with van der Waals surface area (Å²) in [6.45, 7) is 16.0. The molecule has 4 fully saturated rings. The fourth-order valence-corrected chi connectivity index (χ4v) is 9.53. The number of benzene rings is 1. The number of nitrogens with one attached hydrogen (secondary N) is 3. The van der Waals surface area contributed by atoms with Crippen LogP contribution in [0.4, 0.5) is 9.59 Å². The van der Waals surface area contributed by atoms with Gasteiger partial charge in [0.05, 0.1) is 61.2 Å². The van der Waals surface area contributed by atoms with E-state index < -0.39 is 102 Å². The summed E-state index contributed by atoms with van der Waals surface area (Å²) in [4.78, 5) is 69.7. The number of urea groups is 1. The standard InChI is InChI=1S/C43H66N4O12/c1-12-32-43(9)36(46-41(52)59-43)25(4)33(49)23(2)19-42(8)37(58-39-35(56-28(7)48)31(47(10)11)18-24(3)55-39)26(5)34(27(6)38(50)57-32)53-21-30(22-54-42)45-40(51)44-20-29-16-14-13-15-17-29/h13-17,23-27,30-32,34-37,39H,12,18-22H2,1-11H3,(H,46,52)(H2,44,45,51)/t23-,24-,25+,26-,27-,30?,31+,32-,34+,35-,36+,37-,39+,42-,43-/m1/s1. The summed E-state index contributed by atoms with van der Waals surface area (Å²) < 4.78 is 45.1. The molecular formula is C43H66N4O12. The highest BCUT2D eigenvalue weighted by molar-refractivity contribution is 5.85. The summed E-state index contributed by atoms with van der Waals surface area (Å²) in [6, 6.07) is 7.27. The van der Waals surface area contributed by atoms with Gasteiger partial charge in [0.2, 0.25) is 0 Å². The van der Waals surface area contributed by atoms with Crippen LogP contribution in [0.1, 0.15) is 87.1 Å². The lowest BCUT2D eigenvalue weighted by atomic mass is 9.73. The van der Waals surface area contributed by atoms with E-state index in [0.717, 1.165) is 5.56 Å². The first kappa shape index (κ1) is 46.2. The smallest absolute Gasteiger partial charge is 0.408 e. The summed E-state index contributed by atoms with van der Waals surface area (Å²) in [5, 5.41) is 8.71. The number of fused-ring (bicyclic) bond motifs is 4. The molecule has 15 atom stereocenters. The topological polar surface area (TPSA) is 189 Å². The molecule has 330 valence electrons. The van der Waals surface area contributed by atoms with Gasteiger partial charge in [0.25, 0.3) is 0 Å². The van der Waals surface area contributed by atoms with Gasteiger partial charge in [0, 0.05) is 31.2 Å². The number of nitrogens with zero attached hydrogens (tertiary/aromatic N) is 1. The number of esters is 2. The quantitative estimate of drug-likeness (QED) is 0.251. The van der Waals surface area contributed by atoms with Crippen molar-refractivity contribution in [2.45, 2.75) is 154 Å². The number of likely N-dealkylation sites (N-methyl/N-ethyl adjacent to an activating group) is 1. The van der Waals surface area contributed by atoms with E-state index >= 15 is 0 Å². The Morgan fingerprint density at radius 2 is 1.69 bits per heavy atom. The largest absolute Gasteiger partial charge is 0.458 e. The SMILES string of the molecule is CC[C@H]1OC(=O)[C@H](C)[C@H]2OCC(NC(=O)NCc3ccccc3)CO[C@](C)(C[C@@H](C)C(=O)[C@H](C)[C@@H]3NC(=O)O[C@]13C)[C@H](O[C@@H]1O[C@H](C)C[C@H](N(C)C)[C@H]1OC(C)=O)[C@@H]2C. The Morgan fingerprint density at radius 3 is 2.34 bits per heavy atom. The number of carbonyl (C=O) groups excluding carboxylic acids is 5. The van der Waals surface area contributed by atoms with Crippen LogP contribution in [0.3, 0.4) is 0 Å². The van der Waals surface area contributed by atoms with Gasteiger partial charge < -0.3 is 54.0 Å². The number of Topliss-reactive ketones (excluding diaryl/α,β-unsaturated/α-hetero) is 1.